The minimum Gasteiger partial charge on any atom is -0.437 e. The van der Waals surface area contributed by atoms with Crippen LogP contribution in [0.1, 0.15) is 11.6 Å². The van der Waals surface area contributed by atoms with Crippen molar-refractivity contribution in [3.63, 3.8) is 0 Å². The van der Waals surface area contributed by atoms with Gasteiger partial charge in [0.15, 0.2) is 0 Å². The third kappa shape index (κ3) is 3.73. The first-order valence-electron chi connectivity index (χ1n) is 8.11. The molecule has 1 aliphatic heterocycles. The normalized spacial score (nSPS) is 18.4. The van der Waals surface area contributed by atoms with Crippen LogP contribution in [0.2, 0.25) is 5.02 Å². The molecule has 0 radical (unpaired) electrons. The molecule has 2 heterocycles. The van der Waals surface area contributed by atoms with Gasteiger partial charge in [0.2, 0.25) is 5.88 Å². The fourth-order valence-electron chi connectivity index (χ4n) is 2.91. The van der Waals surface area contributed by atoms with Crippen molar-refractivity contribution in [2.24, 2.45) is 0 Å². The summed E-state index contributed by atoms with van der Waals surface area (Å²) in [6.45, 7) is 0.250. The second-order valence-electron chi connectivity index (χ2n) is 5.86. The number of benzene rings is 2. The van der Waals surface area contributed by atoms with Gasteiger partial charge in [0.25, 0.3) is 0 Å². The summed E-state index contributed by atoms with van der Waals surface area (Å²) in [6, 6.07) is 13.5. The van der Waals surface area contributed by atoms with E-state index >= 15 is 0 Å². The highest BCUT2D eigenvalue weighted by molar-refractivity contribution is 7.91. The Morgan fingerprint density at radius 1 is 1.15 bits per heavy atom. The van der Waals surface area contributed by atoms with Gasteiger partial charge in [-0.15, -0.1) is 0 Å². The number of ether oxygens (including phenoxy) is 1. The Kier molecular flexibility index (Phi) is 4.69. The van der Waals surface area contributed by atoms with E-state index in [0.29, 0.717) is 22.3 Å². The maximum atomic E-state index is 12.5. The average Bonchev–Trinajstić information content (AvgIpc) is 2.99. The number of nitrogens with one attached hydrogen (secondary N) is 1. The van der Waals surface area contributed by atoms with Gasteiger partial charge in [-0.05, 0) is 42.0 Å². The molecule has 0 bridgehead atoms. The number of halogens is 1. The molecule has 0 saturated carbocycles. The molecule has 2 aromatic carbocycles. The van der Waals surface area contributed by atoms with E-state index < -0.39 is 16.3 Å². The van der Waals surface area contributed by atoms with Crippen LogP contribution in [-0.2, 0) is 10.2 Å². The van der Waals surface area contributed by atoms with Crippen LogP contribution >= 0.6 is 11.6 Å². The highest BCUT2D eigenvalue weighted by Gasteiger charge is 2.38. The predicted molar refractivity (Wildman–Crippen MR) is 102 cm³/mol. The summed E-state index contributed by atoms with van der Waals surface area (Å²) in [5, 5.41) is 0.541. The zero-order chi connectivity index (χ0) is 18.9. The molecule has 9 heteroatoms. The minimum absolute atomic E-state index is 0.250. The minimum atomic E-state index is -3.64. The molecule has 1 saturated heterocycles. The largest absolute Gasteiger partial charge is 0.437 e. The Hall–Kier alpha value is -2.68. The van der Waals surface area contributed by atoms with Crippen molar-refractivity contribution in [3.05, 3.63) is 77.7 Å². The number of nitrogens with zero attached hydrogens (tertiary/aromatic N) is 3. The highest BCUT2D eigenvalue weighted by Crippen LogP contribution is 2.35. The van der Waals surface area contributed by atoms with Crippen LogP contribution in [0.25, 0.3) is 0 Å². The van der Waals surface area contributed by atoms with Gasteiger partial charge in [0, 0.05) is 24.0 Å². The standard InChI is InChI=1S/C18H15ClN4O3S/c19-14-4-6-15(7-5-14)23-17(11-22-27(23,24)25)13-2-1-3-16(10-13)26-18-12-20-8-9-21-18/h1-10,12,17,22H,11H2/t17-/m1/s1. The summed E-state index contributed by atoms with van der Waals surface area (Å²) in [5.41, 5.74) is 1.33. The van der Waals surface area contributed by atoms with Crippen molar-refractivity contribution in [1.29, 1.82) is 0 Å². The molecule has 4 rings (SSSR count). The van der Waals surface area contributed by atoms with Crippen LogP contribution in [0.4, 0.5) is 5.69 Å². The summed E-state index contributed by atoms with van der Waals surface area (Å²) in [4.78, 5) is 8.04. The monoisotopic (exact) mass is 402 g/mol. The van der Waals surface area contributed by atoms with Crippen molar-refractivity contribution >= 4 is 27.5 Å². The lowest BCUT2D eigenvalue weighted by Crippen LogP contribution is -2.30. The molecular weight excluding hydrogens is 388 g/mol. The predicted octanol–water partition coefficient (Wildman–Crippen LogP) is 3.32. The van der Waals surface area contributed by atoms with Crippen LogP contribution in [0, 0.1) is 0 Å². The summed E-state index contributed by atoms with van der Waals surface area (Å²) in [6.07, 6.45) is 4.60. The lowest BCUT2D eigenvalue weighted by Gasteiger charge is -2.24. The van der Waals surface area contributed by atoms with Gasteiger partial charge in [-0.2, -0.15) is 13.1 Å². The van der Waals surface area contributed by atoms with E-state index in [-0.39, 0.29) is 6.54 Å². The number of hydrogen-bond acceptors (Lipinski definition) is 5. The third-order valence-electron chi connectivity index (χ3n) is 4.09. The molecule has 138 valence electrons. The van der Waals surface area contributed by atoms with E-state index in [9.17, 15) is 8.42 Å². The van der Waals surface area contributed by atoms with E-state index in [1.54, 1.807) is 42.6 Å². The van der Waals surface area contributed by atoms with Gasteiger partial charge in [-0.3, -0.25) is 4.98 Å². The SMILES string of the molecule is O=S1(=O)NC[C@H](c2cccc(Oc3cnccn3)c2)N1c1ccc(Cl)cc1. The van der Waals surface area contributed by atoms with Gasteiger partial charge in [-0.1, -0.05) is 23.7 Å². The molecule has 7 nitrogen and oxygen atoms in total. The van der Waals surface area contributed by atoms with Crippen molar-refractivity contribution in [2.75, 3.05) is 10.8 Å². The first kappa shape index (κ1) is 17.7. The van der Waals surface area contributed by atoms with Crippen molar-refractivity contribution in [3.8, 4) is 11.6 Å². The molecule has 0 amide bonds. The van der Waals surface area contributed by atoms with Gasteiger partial charge in [-0.25, -0.2) is 9.29 Å². The molecule has 1 aliphatic rings. The van der Waals surface area contributed by atoms with Gasteiger partial charge < -0.3 is 4.74 Å². The number of rotatable bonds is 4. The second-order valence-corrected chi connectivity index (χ2v) is 7.93. The van der Waals surface area contributed by atoms with E-state index in [0.717, 1.165) is 5.56 Å². The molecule has 0 unspecified atom stereocenters. The second kappa shape index (κ2) is 7.15. The molecule has 3 aromatic rings. The van der Waals surface area contributed by atoms with Crippen LogP contribution < -0.4 is 13.8 Å². The van der Waals surface area contributed by atoms with E-state index in [4.69, 9.17) is 16.3 Å². The Morgan fingerprint density at radius 3 is 2.70 bits per heavy atom. The zero-order valence-electron chi connectivity index (χ0n) is 14.0. The summed E-state index contributed by atoms with van der Waals surface area (Å²) in [7, 11) is -3.64. The molecule has 1 fully saturated rings. The Morgan fingerprint density at radius 2 is 1.96 bits per heavy atom. The van der Waals surface area contributed by atoms with Gasteiger partial charge in [0.1, 0.15) is 5.75 Å². The molecule has 1 atom stereocenters. The van der Waals surface area contributed by atoms with Gasteiger partial charge >= 0.3 is 10.2 Å². The summed E-state index contributed by atoms with van der Waals surface area (Å²) in [5.74, 6) is 0.912. The fourth-order valence-corrected chi connectivity index (χ4v) is 4.47. The smallest absolute Gasteiger partial charge is 0.302 e. The molecule has 1 N–H and O–H groups in total. The third-order valence-corrected chi connectivity index (χ3v) is 5.85. The molecule has 0 spiro atoms. The maximum Gasteiger partial charge on any atom is 0.302 e. The van der Waals surface area contributed by atoms with Crippen molar-refractivity contribution < 1.29 is 13.2 Å². The Balaban J connectivity index is 1.67. The van der Waals surface area contributed by atoms with Crippen molar-refractivity contribution in [1.82, 2.24) is 14.7 Å². The lowest BCUT2D eigenvalue weighted by atomic mass is 10.1. The number of hydrogen-bond donors (Lipinski definition) is 1. The van der Waals surface area contributed by atoms with Gasteiger partial charge in [0.05, 0.1) is 17.9 Å². The summed E-state index contributed by atoms with van der Waals surface area (Å²) < 4.78 is 34.7. The van der Waals surface area contributed by atoms with Crippen LogP contribution in [0.15, 0.2) is 67.1 Å². The maximum absolute atomic E-state index is 12.5. The lowest BCUT2D eigenvalue weighted by molar-refractivity contribution is 0.459. The molecular formula is C18H15ClN4O3S. The quantitative estimate of drug-likeness (QED) is 0.723. The topological polar surface area (TPSA) is 84.4 Å². The van der Waals surface area contributed by atoms with E-state index in [1.165, 1.54) is 16.7 Å². The summed E-state index contributed by atoms with van der Waals surface area (Å²) >= 11 is 5.93. The number of aromatic nitrogens is 2. The molecule has 27 heavy (non-hydrogen) atoms. The molecule has 1 aromatic heterocycles. The Labute approximate surface area is 161 Å². The highest BCUT2D eigenvalue weighted by atomic mass is 35.5. The van der Waals surface area contributed by atoms with Crippen molar-refractivity contribution in [2.45, 2.75) is 6.04 Å². The first-order chi connectivity index (χ1) is 13.0. The fraction of sp³-hybridized carbons (Fsp3) is 0.111. The Bertz CT molecular complexity index is 1050. The average molecular weight is 403 g/mol. The number of anilines is 1. The van der Waals surface area contributed by atoms with E-state index in [1.807, 2.05) is 12.1 Å². The van der Waals surface area contributed by atoms with Crippen LogP contribution in [0.3, 0.4) is 0 Å². The van der Waals surface area contributed by atoms with Crippen LogP contribution in [-0.4, -0.2) is 24.9 Å². The van der Waals surface area contributed by atoms with Crippen LogP contribution in [0.5, 0.6) is 11.6 Å². The molecule has 0 aliphatic carbocycles. The zero-order valence-corrected chi connectivity index (χ0v) is 15.6. The van der Waals surface area contributed by atoms with E-state index in [2.05, 4.69) is 14.7 Å². The first-order valence-corrected chi connectivity index (χ1v) is 9.93.